The van der Waals surface area contributed by atoms with Gasteiger partial charge in [0, 0.05) is 5.02 Å². The molecule has 24 heavy (non-hydrogen) atoms. The molecule has 0 saturated carbocycles. The molecule has 0 amide bonds. The maximum absolute atomic E-state index is 6.04. The molecular weight excluding hydrogens is 318 g/mol. The molecule has 0 unspecified atom stereocenters. The van der Waals surface area contributed by atoms with Gasteiger partial charge in [-0.25, -0.2) is 0 Å². The van der Waals surface area contributed by atoms with Crippen molar-refractivity contribution >= 4 is 11.6 Å². The first-order valence-corrected chi connectivity index (χ1v) is 8.71. The summed E-state index contributed by atoms with van der Waals surface area (Å²) < 4.78 is 5.36. The Labute approximate surface area is 148 Å². The highest BCUT2D eigenvalue weighted by atomic mass is 35.5. The summed E-state index contributed by atoms with van der Waals surface area (Å²) >= 11 is 6.04. The van der Waals surface area contributed by atoms with E-state index in [2.05, 4.69) is 47.8 Å². The molecule has 0 aliphatic carbocycles. The molecule has 0 spiro atoms. The third-order valence-electron chi connectivity index (χ3n) is 4.22. The number of nitrogens with one attached hydrogen (secondary N) is 1. The second-order valence-electron chi connectivity index (χ2n) is 5.98. The molecule has 2 aromatic carbocycles. The van der Waals surface area contributed by atoms with Crippen molar-refractivity contribution in [2.45, 2.75) is 25.3 Å². The van der Waals surface area contributed by atoms with Gasteiger partial charge < -0.3 is 9.73 Å². The van der Waals surface area contributed by atoms with Crippen LogP contribution in [-0.4, -0.2) is 6.54 Å². The monoisotopic (exact) mass is 339 g/mol. The number of hydrogen-bond acceptors (Lipinski definition) is 2. The SMILES string of the molecule is Clc1ccc([C@H](CCNCc2ccco2)Cc2ccccc2)cc1. The first-order valence-electron chi connectivity index (χ1n) is 8.34. The maximum atomic E-state index is 6.04. The van der Waals surface area contributed by atoms with Gasteiger partial charge in [0.05, 0.1) is 12.8 Å². The van der Waals surface area contributed by atoms with Crippen LogP contribution in [0.4, 0.5) is 0 Å². The molecule has 0 bridgehead atoms. The highest BCUT2D eigenvalue weighted by molar-refractivity contribution is 6.30. The summed E-state index contributed by atoms with van der Waals surface area (Å²) in [5, 5.41) is 4.25. The molecule has 0 fully saturated rings. The molecule has 1 aromatic heterocycles. The predicted octanol–water partition coefficient (Wildman–Crippen LogP) is 5.44. The van der Waals surface area contributed by atoms with E-state index >= 15 is 0 Å². The van der Waals surface area contributed by atoms with Gasteiger partial charge >= 0.3 is 0 Å². The lowest BCUT2D eigenvalue weighted by Crippen LogP contribution is -2.18. The first kappa shape index (κ1) is 16.8. The normalized spacial score (nSPS) is 12.2. The zero-order valence-corrected chi connectivity index (χ0v) is 14.4. The minimum absolute atomic E-state index is 0.466. The van der Waals surface area contributed by atoms with Crippen LogP contribution in [0.2, 0.25) is 5.02 Å². The Morgan fingerprint density at radius 1 is 0.917 bits per heavy atom. The summed E-state index contributed by atoms with van der Waals surface area (Å²) in [6, 6.07) is 22.8. The van der Waals surface area contributed by atoms with Crippen LogP contribution in [-0.2, 0) is 13.0 Å². The summed E-state index contributed by atoms with van der Waals surface area (Å²) in [4.78, 5) is 0. The van der Waals surface area contributed by atoms with Crippen LogP contribution in [0.1, 0.15) is 29.2 Å². The molecule has 3 rings (SSSR count). The van der Waals surface area contributed by atoms with E-state index in [1.807, 2.05) is 24.3 Å². The fraction of sp³-hybridized carbons (Fsp3) is 0.238. The molecule has 1 N–H and O–H groups in total. The molecule has 2 nitrogen and oxygen atoms in total. The number of rotatable bonds is 8. The Morgan fingerprint density at radius 2 is 1.71 bits per heavy atom. The summed E-state index contributed by atoms with van der Waals surface area (Å²) in [5.41, 5.74) is 2.70. The van der Waals surface area contributed by atoms with Crippen molar-refractivity contribution in [3.05, 3.63) is 94.9 Å². The second kappa shape index (κ2) is 8.72. The lowest BCUT2D eigenvalue weighted by Gasteiger charge is -2.18. The topological polar surface area (TPSA) is 25.2 Å². The fourth-order valence-corrected chi connectivity index (χ4v) is 3.05. The van der Waals surface area contributed by atoms with Gasteiger partial charge in [0.15, 0.2) is 0 Å². The van der Waals surface area contributed by atoms with Crippen molar-refractivity contribution in [1.29, 1.82) is 0 Å². The molecule has 0 saturated heterocycles. The average molecular weight is 340 g/mol. The second-order valence-corrected chi connectivity index (χ2v) is 6.42. The minimum atomic E-state index is 0.466. The highest BCUT2D eigenvalue weighted by Crippen LogP contribution is 2.25. The zero-order valence-electron chi connectivity index (χ0n) is 13.6. The summed E-state index contributed by atoms with van der Waals surface area (Å²) in [5.74, 6) is 1.44. The van der Waals surface area contributed by atoms with Gasteiger partial charge in [0.25, 0.3) is 0 Å². The molecule has 1 atom stereocenters. The van der Waals surface area contributed by atoms with Gasteiger partial charge in [-0.05, 0) is 60.7 Å². The number of halogens is 1. The summed E-state index contributed by atoms with van der Waals surface area (Å²) in [7, 11) is 0. The van der Waals surface area contributed by atoms with Gasteiger partial charge in [-0.2, -0.15) is 0 Å². The van der Waals surface area contributed by atoms with Gasteiger partial charge in [-0.3, -0.25) is 0 Å². The van der Waals surface area contributed by atoms with E-state index < -0.39 is 0 Å². The van der Waals surface area contributed by atoms with Crippen LogP contribution in [0.25, 0.3) is 0 Å². The standard InChI is InChI=1S/C21H22ClNO/c22-20-10-8-18(9-11-20)19(15-17-5-2-1-3-6-17)12-13-23-16-21-7-4-14-24-21/h1-11,14,19,23H,12-13,15-16H2/t19-/m1/s1. The third kappa shape index (κ3) is 4.98. The fourth-order valence-electron chi connectivity index (χ4n) is 2.92. The molecular formula is C21H22ClNO. The molecule has 0 aliphatic heterocycles. The Balaban J connectivity index is 1.61. The number of benzene rings is 2. The van der Waals surface area contributed by atoms with Gasteiger partial charge in [-0.1, -0.05) is 54.1 Å². The van der Waals surface area contributed by atoms with Crippen molar-refractivity contribution in [2.75, 3.05) is 6.54 Å². The van der Waals surface area contributed by atoms with E-state index in [1.165, 1.54) is 11.1 Å². The Bertz CT molecular complexity index is 707. The van der Waals surface area contributed by atoms with Crippen LogP contribution in [0, 0.1) is 0 Å². The zero-order chi connectivity index (χ0) is 16.6. The summed E-state index contributed by atoms with van der Waals surface area (Å²) in [6.45, 7) is 1.71. The lowest BCUT2D eigenvalue weighted by atomic mass is 9.89. The van der Waals surface area contributed by atoms with Gasteiger partial charge in [0.1, 0.15) is 5.76 Å². The first-order chi connectivity index (χ1) is 11.8. The van der Waals surface area contributed by atoms with E-state index in [0.717, 1.165) is 36.7 Å². The molecule has 124 valence electrons. The van der Waals surface area contributed by atoms with Crippen LogP contribution < -0.4 is 5.32 Å². The van der Waals surface area contributed by atoms with Crippen molar-refractivity contribution in [2.24, 2.45) is 0 Å². The number of furan rings is 1. The van der Waals surface area contributed by atoms with E-state index in [1.54, 1.807) is 6.26 Å². The minimum Gasteiger partial charge on any atom is -0.468 e. The Kier molecular flexibility index (Phi) is 6.11. The van der Waals surface area contributed by atoms with Crippen LogP contribution in [0.3, 0.4) is 0 Å². The molecule has 3 aromatic rings. The molecule has 1 heterocycles. The van der Waals surface area contributed by atoms with Crippen LogP contribution in [0.15, 0.2) is 77.4 Å². The average Bonchev–Trinajstić information content (AvgIpc) is 3.13. The molecule has 3 heteroatoms. The van der Waals surface area contributed by atoms with Crippen molar-refractivity contribution in [3.63, 3.8) is 0 Å². The Morgan fingerprint density at radius 3 is 2.42 bits per heavy atom. The van der Waals surface area contributed by atoms with E-state index in [4.69, 9.17) is 16.0 Å². The Hall–Kier alpha value is -2.03. The van der Waals surface area contributed by atoms with E-state index in [-0.39, 0.29) is 0 Å². The molecule has 0 aliphatic rings. The van der Waals surface area contributed by atoms with Gasteiger partial charge in [-0.15, -0.1) is 0 Å². The van der Waals surface area contributed by atoms with Crippen molar-refractivity contribution < 1.29 is 4.42 Å². The molecule has 0 radical (unpaired) electrons. The smallest absolute Gasteiger partial charge is 0.117 e. The lowest BCUT2D eigenvalue weighted by molar-refractivity contribution is 0.472. The third-order valence-corrected chi connectivity index (χ3v) is 4.47. The van der Waals surface area contributed by atoms with Gasteiger partial charge in [0.2, 0.25) is 0 Å². The van der Waals surface area contributed by atoms with Crippen LogP contribution >= 0.6 is 11.6 Å². The van der Waals surface area contributed by atoms with E-state index in [0.29, 0.717) is 5.92 Å². The number of hydrogen-bond donors (Lipinski definition) is 1. The predicted molar refractivity (Wildman–Crippen MR) is 99.4 cm³/mol. The van der Waals surface area contributed by atoms with Crippen LogP contribution in [0.5, 0.6) is 0 Å². The van der Waals surface area contributed by atoms with Crippen molar-refractivity contribution in [1.82, 2.24) is 5.32 Å². The van der Waals surface area contributed by atoms with Crippen molar-refractivity contribution in [3.8, 4) is 0 Å². The highest BCUT2D eigenvalue weighted by Gasteiger charge is 2.12. The maximum Gasteiger partial charge on any atom is 0.117 e. The quantitative estimate of drug-likeness (QED) is 0.553. The van der Waals surface area contributed by atoms with E-state index in [9.17, 15) is 0 Å². The summed E-state index contributed by atoms with van der Waals surface area (Å²) in [6.07, 6.45) is 3.81. The largest absolute Gasteiger partial charge is 0.468 e.